The molecule has 8 heteroatoms. The van der Waals surface area contributed by atoms with Gasteiger partial charge in [0.05, 0.1) is 18.0 Å². The molecule has 0 saturated heterocycles. The van der Waals surface area contributed by atoms with E-state index in [0.717, 1.165) is 0 Å². The maximum atomic E-state index is 11.8. The van der Waals surface area contributed by atoms with Gasteiger partial charge in [0.1, 0.15) is 12.4 Å². The molecule has 1 rings (SSSR count). The zero-order valence-electron chi connectivity index (χ0n) is 9.47. The van der Waals surface area contributed by atoms with Gasteiger partial charge in [-0.25, -0.2) is 21.9 Å². The van der Waals surface area contributed by atoms with Gasteiger partial charge in [-0.15, -0.1) is 0 Å². The van der Waals surface area contributed by atoms with E-state index in [9.17, 15) is 17.2 Å². The van der Waals surface area contributed by atoms with Crippen molar-refractivity contribution in [2.24, 2.45) is 0 Å². The van der Waals surface area contributed by atoms with Crippen LogP contribution in [0.15, 0.2) is 24.3 Å². The van der Waals surface area contributed by atoms with Crippen molar-refractivity contribution in [2.75, 3.05) is 24.6 Å². The van der Waals surface area contributed by atoms with Crippen molar-refractivity contribution in [1.82, 2.24) is 4.72 Å². The summed E-state index contributed by atoms with van der Waals surface area (Å²) in [5, 5.41) is 0. The molecule has 5 nitrogen and oxygen atoms in total. The lowest BCUT2D eigenvalue weighted by atomic mass is 10.3. The molecule has 1 aromatic rings. The number of para-hydroxylation sites is 2. The lowest BCUT2D eigenvalue weighted by Gasteiger charge is -2.09. The van der Waals surface area contributed by atoms with Gasteiger partial charge in [-0.3, -0.25) is 0 Å². The molecule has 1 aromatic carbocycles. The zero-order valence-corrected chi connectivity index (χ0v) is 10.3. The molecule has 0 aliphatic heterocycles. The Bertz CT molecular complexity index is 480. The van der Waals surface area contributed by atoms with Crippen molar-refractivity contribution in [3.05, 3.63) is 24.3 Å². The quantitative estimate of drug-likeness (QED) is 0.725. The highest BCUT2D eigenvalue weighted by molar-refractivity contribution is 7.89. The fourth-order valence-electron chi connectivity index (χ4n) is 1.14. The standard InChI is InChI=1S/C10H14F2N2O3S/c11-10(12)7-14-18(15,16)6-5-17-9-4-2-1-3-8(9)13/h1-4,10,14H,5-7,13H2. The van der Waals surface area contributed by atoms with Crippen LogP contribution in [0.25, 0.3) is 0 Å². The number of nitrogens with two attached hydrogens (primary N) is 1. The van der Waals surface area contributed by atoms with Crippen LogP contribution in [-0.2, 0) is 10.0 Å². The molecule has 0 amide bonds. The van der Waals surface area contributed by atoms with Crippen LogP contribution in [0.5, 0.6) is 5.75 Å². The van der Waals surface area contributed by atoms with Crippen molar-refractivity contribution < 1.29 is 21.9 Å². The molecule has 0 aromatic heterocycles. The van der Waals surface area contributed by atoms with Gasteiger partial charge < -0.3 is 10.5 Å². The Morgan fingerprint density at radius 1 is 1.33 bits per heavy atom. The number of hydrogen-bond donors (Lipinski definition) is 2. The molecule has 0 aliphatic rings. The average Bonchev–Trinajstić information content (AvgIpc) is 2.29. The van der Waals surface area contributed by atoms with Gasteiger partial charge in [0.25, 0.3) is 6.43 Å². The smallest absolute Gasteiger partial charge is 0.251 e. The lowest BCUT2D eigenvalue weighted by Crippen LogP contribution is -2.32. The minimum absolute atomic E-state index is 0.160. The number of alkyl halides is 2. The Morgan fingerprint density at radius 2 is 2.00 bits per heavy atom. The summed E-state index contributed by atoms with van der Waals surface area (Å²) in [5.74, 6) is -0.0461. The Hall–Kier alpha value is -1.41. The lowest BCUT2D eigenvalue weighted by molar-refractivity contribution is 0.153. The summed E-state index contributed by atoms with van der Waals surface area (Å²) in [6, 6.07) is 6.60. The molecule has 0 fully saturated rings. The molecule has 0 unspecified atom stereocenters. The molecular weight excluding hydrogens is 266 g/mol. The summed E-state index contributed by atoms with van der Waals surface area (Å²) in [4.78, 5) is 0. The first-order chi connectivity index (χ1) is 8.41. The average molecular weight is 280 g/mol. The Labute approximate surface area is 104 Å². The summed E-state index contributed by atoms with van der Waals surface area (Å²) in [6.07, 6.45) is -2.72. The molecule has 102 valence electrons. The second-order valence-electron chi connectivity index (χ2n) is 3.44. The minimum atomic E-state index is -3.76. The van der Waals surface area contributed by atoms with Crippen molar-refractivity contribution >= 4 is 15.7 Å². The molecular formula is C10H14F2N2O3S. The maximum absolute atomic E-state index is 11.8. The Kier molecular flexibility index (Phi) is 5.29. The van der Waals surface area contributed by atoms with Crippen LogP contribution < -0.4 is 15.2 Å². The Morgan fingerprint density at radius 3 is 2.61 bits per heavy atom. The van der Waals surface area contributed by atoms with Crippen LogP contribution in [0.4, 0.5) is 14.5 Å². The van der Waals surface area contributed by atoms with Crippen molar-refractivity contribution in [1.29, 1.82) is 0 Å². The normalized spacial score (nSPS) is 11.7. The summed E-state index contributed by atoms with van der Waals surface area (Å²) < 4.78 is 53.1. The summed E-state index contributed by atoms with van der Waals surface area (Å²) >= 11 is 0. The topological polar surface area (TPSA) is 81.4 Å². The third kappa shape index (κ3) is 5.28. The van der Waals surface area contributed by atoms with E-state index in [1.807, 2.05) is 0 Å². The SMILES string of the molecule is Nc1ccccc1OCCS(=O)(=O)NCC(F)F. The van der Waals surface area contributed by atoms with E-state index in [-0.39, 0.29) is 6.61 Å². The minimum Gasteiger partial charge on any atom is -0.490 e. The van der Waals surface area contributed by atoms with Crippen molar-refractivity contribution in [3.63, 3.8) is 0 Å². The van der Waals surface area contributed by atoms with Gasteiger partial charge in [0.15, 0.2) is 0 Å². The van der Waals surface area contributed by atoms with Crippen LogP contribution in [0.3, 0.4) is 0 Å². The first-order valence-corrected chi connectivity index (χ1v) is 6.79. The van der Waals surface area contributed by atoms with Crippen LogP contribution in [-0.4, -0.2) is 33.7 Å². The van der Waals surface area contributed by atoms with E-state index in [2.05, 4.69) is 0 Å². The molecule has 0 bridgehead atoms. The summed E-state index contributed by atoms with van der Waals surface area (Å²) in [5.41, 5.74) is 5.96. The molecule has 0 atom stereocenters. The first-order valence-electron chi connectivity index (χ1n) is 5.13. The molecule has 0 spiro atoms. The van der Waals surface area contributed by atoms with E-state index >= 15 is 0 Å². The number of rotatable bonds is 7. The number of halogens is 2. The highest BCUT2D eigenvalue weighted by Gasteiger charge is 2.13. The largest absolute Gasteiger partial charge is 0.490 e. The molecule has 0 saturated carbocycles. The number of sulfonamides is 1. The number of benzene rings is 1. The first kappa shape index (κ1) is 14.7. The highest BCUT2D eigenvalue weighted by atomic mass is 32.2. The van der Waals surface area contributed by atoms with Gasteiger partial charge >= 0.3 is 0 Å². The second kappa shape index (κ2) is 6.50. The summed E-state index contributed by atoms with van der Waals surface area (Å²) in [6.45, 7) is -1.05. The van der Waals surface area contributed by atoms with Crippen LogP contribution in [0.1, 0.15) is 0 Å². The molecule has 3 N–H and O–H groups in total. The van der Waals surface area contributed by atoms with Crippen molar-refractivity contribution in [2.45, 2.75) is 6.43 Å². The number of nitrogen functional groups attached to an aromatic ring is 1. The number of hydrogen-bond acceptors (Lipinski definition) is 4. The number of anilines is 1. The Balaban J connectivity index is 2.40. The fraction of sp³-hybridized carbons (Fsp3) is 0.400. The van der Waals surface area contributed by atoms with E-state index in [1.54, 1.807) is 29.0 Å². The molecule has 0 heterocycles. The van der Waals surface area contributed by atoms with Gasteiger partial charge in [-0.05, 0) is 12.1 Å². The number of nitrogens with one attached hydrogen (secondary N) is 1. The van der Waals surface area contributed by atoms with Gasteiger partial charge in [0, 0.05) is 0 Å². The maximum Gasteiger partial charge on any atom is 0.251 e. The molecule has 0 radical (unpaired) electrons. The molecule has 0 aliphatic carbocycles. The number of ether oxygens (including phenoxy) is 1. The van der Waals surface area contributed by atoms with Gasteiger partial charge in [0.2, 0.25) is 10.0 Å². The van der Waals surface area contributed by atoms with Crippen LogP contribution in [0, 0.1) is 0 Å². The van der Waals surface area contributed by atoms with E-state index in [1.165, 1.54) is 0 Å². The predicted molar refractivity (Wildman–Crippen MR) is 64.1 cm³/mol. The third-order valence-corrected chi connectivity index (χ3v) is 3.30. The second-order valence-corrected chi connectivity index (χ2v) is 5.37. The van der Waals surface area contributed by atoms with Crippen LogP contribution in [0.2, 0.25) is 0 Å². The summed E-state index contributed by atoms with van der Waals surface area (Å²) in [7, 11) is -3.76. The van der Waals surface area contributed by atoms with Crippen molar-refractivity contribution in [3.8, 4) is 5.75 Å². The zero-order chi connectivity index (χ0) is 13.6. The van der Waals surface area contributed by atoms with Gasteiger partial charge in [-0.1, -0.05) is 12.1 Å². The van der Waals surface area contributed by atoms with E-state index in [0.29, 0.717) is 11.4 Å². The van der Waals surface area contributed by atoms with E-state index < -0.39 is 28.7 Å². The highest BCUT2D eigenvalue weighted by Crippen LogP contribution is 2.19. The predicted octanol–water partition coefficient (Wildman–Crippen LogP) is 0.832. The van der Waals surface area contributed by atoms with E-state index in [4.69, 9.17) is 10.5 Å². The van der Waals surface area contributed by atoms with Gasteiger partial charge in [-0.2, -0.15) is 0 Å². The third-order valence-electron chi connectivity index (χ3n) is 1.99. The monoisotopic (exact) mass is 280 g/mol. The van der Waals surface area contributed by atoms with Crippen LogP contribution >= 0.6 is 0 Å². The molecule has 18 heavy (non-hydrogen) atoms. The fourth-order valence-corrected chi connectivity index (χ4v) is 1.96.